The highest BCUT2D eigenvalue weighted by Crippen LogP contribution is 2.44. The summed E-state index contributed by atoms with van der Waals surface area (Å²) in [6, 6.07) is 0. The summed E-state index contributed by atoms with van der Waals surface area (Å²) in [7, 11) is 0. The molecule has 1 aliphatic carbocycles. The van der Waals surface area contributed by atoms with Crippen LogP contribution in [0.1, 0.15) is 49.5 Å². The number of nitrogens with two attached hydrogens (primary N) is 1. The predicted molar refractivity (Wildman–Crippen MR) is 66.3 cm³/mol. The molecule has 0 aliphatic heterocycles. The maximum Gasteiger partial charge on any atom is 0.0966 e. The molecule has 0 amide bonds. The number of aliphatic hydroxyl groups is 1. The van der Waals surface area contributed by atoms with E-state index in [-0.39, 0.29) is 5.41 Å². The number of nitrogens with zero attached hydrogens (tertiary/aromatic N) is 1. The lowest BCUT2D eigenvalue weighted by Crippen LogP contribution is -2.36. The quantitative estimate of drug-likeness (QED) is 0.798. The van der Waals surface area contributed by atoms with Gasteiger partial charge in [-0.05, 0) is 12.8 Å². The Hall–Kier alpha value is -0.450. The average molecular weight is 240 g/mol. The number of rotatable bonds is 3. The van der Waals surface area contributed by atoms with Crippen molar-refractivity contribution in [1.29, 1.82) is 0 Å². The molecule has 4 heteroatoms. The van der Waals surface area contributed by atoms with Gasteiger partial charge in [-0.1, -0.05) is 25.7 Å². The minimum absolute atomic E-state index is 0.108. The second-order valence-corrected chi connectivity index (χ2v) is 5.70. The first-order valence-electron chi connectivity index (χ1n) is 6.05. The van der Waals surface area contributed by atoms with Crippen LogP contribution in [0.25, 0.3) is 0 Å². The van der Waals surface area contributed by atoms with Crippen LogP contribution >= 0.6 is 11.3 Å². The predicted octanol–water partition coefficient (Wildman–Crippen LogP) is 2.48. The first kappa shape index (κ1) is 12.0. The third-order valence-electron chi connectivity index (χ3n) is 3.81. The van der Waals surface area contributed by atoms with E-state index in [1.54, 1.807) is 11.7 Å². The zero-order valence-electron chi connectivity index (χ0n) is 9.56. The van der Waals surface area contributed by atoms with E-state index in [2.05, 4.69) is 4.98 Å². The Morgan fingerprint density at radius 1 is 1.38 bits per heavy atom. The molecule has 0 aromatic carbocycles. The Kier molecular flexibility index (Phi) is 3.95. The molecule has 3 nitrogen and oxygen atoms in total. The van der Waals surface area contributed by atoms with Gasteiger partial charge in [0, 0.05) is 18.2 Å². The first-order valence-corrected chi connectivity index (χ1v) is 6.93. The summed E-state index contributed by atoms with van der Waals surface area (Å²) >= 11 is 1.53. The molecule has 1 unspecified atom stereocenters. The zero-order chi connectivity index (χ0) is 11.4. The Morgan fingerprint density at radius 2 is 2.06 bits per heavy atom. The average Bonchev–Trinajstić information content (AvgIpc) is 2.73. The van der Waals surface area contributed by atoms with Gasteiger partial charge in [0.1, 0.15) is 0 Å². The molecule has 0 saturated heterocycles. The minimum atomic E-state index is -0.428. The van der Waals surface area contributed by atoms with Gasteiger partial charge < -0.3 is 10.8 Å². The summed E-state index contributed by atoms with van der Waals surface area (Å²) in [4.78, 5) is 5.01. The fraction of sp³-hybridized carbons (Fsp3) is 0.750. The van der Waals surface area contributed by atoms with Gasteiger partial charge in [-0.2, -0.15) is 0 Å². The normalized spacial score (nSPS) is 22.6. The third-order valence-corrected chi connectivity index (χ3v) is 4.63. The van der Waals surface area contributed by atoms with Gasteiger partial charge in [-0.3, -0.25) is 4.98 Å². The van der Waals surface area contributed by atoms with E-state index >= 15 is 0 Å². The summed E-state index contributed by atoms with van der Waals surface area (Å²) in [5.41, 5.74) is 7.61. The second-order valence-electron chi connectivity index (χ2n) is 4.79. The van der Waals surface area contributed by atoms with Gasteiger partial charge in [0.15, 0.2) is 0 Å². The maximum atomic E-state index is 10.5. The first-order chi connectivity index (χ1) is 7.78. The fourth-order valence-electron chi connectivity index (χ4n) is 2.68. The Morgan fingerprint density at radius 3 is 2.56 bits per heavy atom. The van der Waals surface area contributed by atoms with Crippen molar-refractivity contribution in [2.24, 2.45) is 11.1 Å². The second kappa shape index (κ2) is 5.25. The van der Waals surface area contributed by atoms with Crippen molar-refractivity contribution in [3.8, 4) is 0 Å². The zero-order valence-corrected chi connectivity index (χ0v) is 10.4. The van der Waals surface area contributed by atoms with Crippen molar-refractivity contribution in [2.75, 3.05) is 6.54 Å². The summed E-state index contributed by atoms with van der Waals surface area (Å²) in [5.74, 6) is 0. The van der Waals surface area contributed by atoms with Gasteiger partial charge in [-0.15, -0.1) is 11.3 Å². The largest absolute Gasteiger partial charge is 0.387 e. The van der Waals surface area contributed by atoms with Crippen molar-refractivity contribution >= 4 is 11.3 Å². The van der Waals surface area contributed by atoms with Crippen molar-refractivity contribution in [2.45, 2.75) is 44.6 Å². The molecule has 0 spiro atoms. The maximum absolute atomic E-state index is 10.5. The number of hydrogen-bond acceptors (Lipinski definition) is 4. The van der Waals surface area contributed by atoms with E-state index in [1.807, 2.05) is 0 Å². The van der Waals surface area contributed by atoms with Crippen LogP contribution in [0.2, 0.25) is 0 Å². The molecular formula is C12H20N2OS. The Balaban J connectivity index is 2.18. The molecule has 1 aromatic rings. The summed E-state index contributed by atoms with van der Waals surface area (Å²) in [6.45, 7) is 0.575. The van der Waals surface area contributed by atoms with Gasteiger partial charge in [0.2, 0.25) is 0 Å². The van der Waals surface area contributed by atoms with Crippen LogP contribution in [0.15, 0.2) is 11.7 Å². The molecule has 1 fully saturated rings. The van der Waals surface area contributed by atoms with Crippen molar-refractivity contribution < 1.29 is 5.11 Å². The van der Waals surface area contributed by atoms with Gasteiger partial charge in [0.05, 0.1) is 16.5 Å². The van der Waals surface area contributed by atoms with E-state index in [1.165, 1.54) is 37.0 Å². The molecule has 3 N–H and O–H groups in total. The molecule has 90 valence electrons. The van der Waals surface area contributed by atoms with E-state index < -0.39 is 6.10 Å². The van der Waals surface area contributed by atoms with Crippen LogP contribution in [0, 0.1) is 5.41 Å². The number of aliphatic hydroxyl groups excluding tert-OH is 1. The summed E-state index contributed by atoms with van der Waals surface area (Å²) in [5, 5.41) is 10.5. The van der Waals surface area contributed by atoms with Crippen LogP contribution in [0.3, 0.4) is 0 Å². The van der Waals surface area contributed by atoms with Crippen LogP contribution in [0.4, 0.5) is 0 Å². The molecule has 0 radical (unpaired) electrons. The standard InChI is InChI=1S/C12H20N2OS/c13-8-12(5-3-1-2-4-6-12)11(15)10-7-14-9-16-10/h7,9,11,15H,1-6,8,13H2. The lowest BCUT2D eigenvalue weighted by atomic mass is 9.75. The minimum Gasteiger partial charge on any atom is -0.387 e. The Bertz CT molecular complexity index is 305. The van der Waals surface area contributed by atoms with Gasteiger partial charge in [-0.25, -0.2) is 0 Å². The van der Waals surface area contributed by atoms with Crippen molar-refractivity contribution in [1.82, 2.24) is 4.98 Å². The number of hydrogen-bond donors (Lipinski definition) is 2. The van der Waals surface area contributed by atoms with E-state index in [0.29, 0.717) is 6.54 Å². The molecule has 16 heavy (non-hydrogen) atoms. The summed E-state index contributed by atoms with van der Waals surface area (Å²) in [6.07, 6.45) is 8.36. The molecule has 0 bridgehead atoms. The highest BCUT2D eigenvalue weighted by molar-refractivity contribution is 7.09. The topological polar surface area (TPSA) is 59.1 Å². The molecule has 1 atom stereocenters. The van der Waals surface area contributed by atoms with Crippen LogP contribution in [-0.4, -0.2) is 16.6 Å². The Labute approximate surface area is 101 Å². The van der Waals surface area contributed by atoms with E-state index in [4.69, 9.17) is 5.73 Å². The highest BCUT2D eigenvalue weighted by atomic mass is 32.1. The molecule has 1 saturated carbocycles. The fourth-order valence-corrected chi connectivity index (χ4v) is 3.43. The lowest BCUT2D eigenvalue weighted by Gasteiger charge is -2.35. The molecule has 1 heterocycles. The monoisotopic (exact) mass is 240 g/mol. The van der Waals surface area contributed by atoms with E-state index in [9.17, 15) is 5.11 Å². The van der Waals surface area contributed by atoms with Crippen LogP contribution in [0.5, 0.6) is 0 Å². The van der Waals surface area contributed by atoms with Gasteiger partial charge >= 0.3 is 0 Å². The molecule has 1 aliphatic rings. The van der Waals surface area contributed by atoms with Crippen molar-refractivity contribution in [3.05, 3.63) is 16.6 Å². The third kappa shape index (κ3) is 2.29. The molecule has 2 rings (SSSR count). The number of aromatic nitrogens is 1. The molecular weight excluding hydrogens is 220 g/mol. The highest BCUT2D eigenvalue weighted by Gasteiger charge is 2.38. The SMILES string of the molecule is NCC1(C(O)c2cncs2)CCCCCC1. The molecule has 1 aromatic heterocycles. The lowest BCUT2D eigenvalue weighted by molar-refractivity contribution is 0.0191. The summed E-state index contributed by atoms with van der Waals surface area (Å²) < 4.78 is 0. The van der Waals surface area contributed by atoms with Crippen LogP contribution < -0.4 is 5.73 Å². The van der Waals surface area contributed by atoms with E-state index in [0.717, 1.165) is 17.7 Å². The smallest absolute Gasteiger partial charge is 0.0966 e. The van der Waals surface area contributed by atoms with Crippen LogP contribution in [-0.2, 0) is 0 Å². The van der Waals surface area contributed by atoms with Crippen molar-refractivity contribution in [3.63, 3.8) is 0 Å². The van der Waals surface area contributed by atoms with Gasteiger partial charge in [0.25, 0.3) is 0 Å². The number of thiazole rings is 1.